The highest BCUT2D eigenvalue weighted by atomic mass is 19.1. The predicted octanol–water partition coefficient (Wildman–Crippen LogP) is 2.31. The quantitative estimate of drug-likeness (QED) is 0.644. The van der Waals surface area contributed by atoms with Crippen molar-refractivity contribution in [3.63, 3.8) is 0 Å². The summed E-state index contributed by atoms with van der Waals surface area (Å²) in [4.78, 5) is 15.2. The van der Waals surface area contributed by atoms with Gasteiger partial charge in [0.25, 0.3) is 5.91 Å². The van der Waals surface area contributed by atoms with Crippen LogP contribution in [-0.4, -0.2) is 17.4 Å². The van der Waals surface area contributed by atoms with Crippen LogP contribution < -0.4 is 5.32 Å². The van der Waals surface area contributed by atoms with E-state index in [1.807, 2.05) is 0 Å². The third-order valence-electron chi connectivity index (χ3n) is 2.92. The zero-order valence-corrected chi connectivity index (χ0v) is 9.53. The number of carbonyl (C=O) groups is 1. The molecule has 0 aliphatic heterocycles. The van der Waals surface area contributed by atoms with Gasteiger partial charge in [-0.3, -0.25) is 4.79 Å². The lowest BCUT2D eigenvalue weighted by Gasteiger charge is -2.17. The van der Waals surface area contributed by atoms with Crippen LogP contribution >= 0.6 is 0 Å². The van der Waals surface area contributed by atoms with Gasteiger partial charge in [-0.25, -0.2) is 4.98 Å². The van der Waals surface area contributed by atoms with Crippen molar-refractivity contribution in [1.82, 2.24) is 10.3 Å². The van der Waals surface area contributed by atoms with Crippen LogP contribution in [0.5, 0.6) is 0 Å². The molecule has 0 bridgehead atoms. The van der Waals surface area contributed by atoms with E-state index in [0.717, 1.165) is 19.3 Å². The van der Waals surface area contributed by atoms with Crippen LogP contribution in [0.1, 0.15) is 29.6 Å². The van der Waals surface area contributed by atoms with Gasteiger partial charge < -0.3 is 5.32 Å². The van der Waals surface area contributed by atoms with Crippen molar-refractivity contribution < 1.29 is 9.18 Å². The molecule has 90 valence electrons. The average molecular weight is 234 g/mol. The second-order valence-corrected chi connectivity index (χ2v) is 4.23. The van der Waals surface area contributed by atoms with E-state index in [1.54, 1.807) is 0 Å². The normalized spacial score (nSPS) is 19.0. The molecule has 0 spiro atoms. The molecule has 3 nitrogen and oxygen atoms in total. The van der Waals surface area contributed by atoms with Gasteiger partial charge in [0.05, 0.1) is 5.56 Å². The monoisotopic (exact) mass is 234 g/mol. The van der Waals surface area contributed by atoms with Gasteiger partial charge in [-0.2, -0.15) is 4.39 Å². The zero-order chi connectivity index (χ0) is 12.1. The molecule has 17 heavy (non-hydrogen) atoms. The molecule has 0 fully saturated rings. The second kappa shape index (κ2) is 5.57. The molecule has 1 unspecified atom stereocenters. The lowest BCUT2D eigenvalue weighted by atomic mass is 9.94. The number of hydrogen-bond acceptors (Lipinski definition) is 2. The van der Waals surface area contributed by atoms with Crippen LogP contribution in [0.2, 0.25) is 0 Å². The molecule has 0 saturated heterocycles. The molecule has 4 heteroatoms. The van der Waals surface area contributed by atoms with Gasteiger partial charge in [0.1, 0.15) is 0 Å². The van der Waals surface area contributed by atoms with E-state index in [9.17, 15) is 9.18 Å². The van der Waals surface area contributed by atoms with Gasteiger partial charge in [-0.15, -0.1) is 0 Å². The van der Waals surface area contributed by atoms with Crippen molar-refractivity contribution in [2.45, 2.75) is 19.3 Å². The Balaban J connectivity index is 1.84. The number of allylic oxidation sites excluding steroid dienone is 2. The smallest absolute Gasteiger partial charge is 0.252 e. The Bertz CT molecular complexity index is 414. The van der Waals surface area contributed by atoms with E-state index in [0.29, 0.717) is 18.0 Å². The van der Waals surface area contributed by atoms with Gasteiger partial charge in [-0.1, -0.05) is 12.2 Å². The summed E-state index contributed by atoms with van der Waals surface area (Å²) < 4.78 is 12.6. The maximum Gasteiger partial charge on any atom is 0.252 e. The minimum absolute atomic E-state index is 0.188. The predicted molar refractivity (Wildman–Crippen MR) is 63.0 cm³/mol. The topological polar surface area (TPSA) is 42.0 Å². The molecule has 2 rings (SSSR count). The van der Waals surface area contributed by atoms with E-state index in [1.165, 1.54) is 18.3 Å². The van der Waals surface area contributed by atoms with Crippen molar-refractivity contribution in [3.8, 4) is 0 Å². The zero-order valence-electron chi connectivity index (χ0n) is 9.53. The maximum atomic E-state index is 12.6. The summed E-state index contributed by atoms with van der Waals surface area (Å²) >= 11 is 0. The van der Waals surface area contributed by atoms with Crippen LogP contribution in [0.4, 0.5) is 4.39 Å². The number of pyridine rings is 1. The number of aromatic nitrogens is 1. The van der Waals surface area contributed by atoms with Gasteiger partial charge >= 0.3 is 0 Å². The Morgan fingerprint density at radius 2 is 2.35 bits per heavy atom. The van der Waals surface area contributed by atoms with Crippen LogP contribution in [0, 0.1) is 11.9 Å². The third-order valence-corrected chi connectivity index (χ3v) is 2.92. The number of hydrogen-bond donors (Lipinski definition) is 1. The molecule has 1 aliphatic rings. The second-order valence-electron chi connectivity index (χ2n) is 4.23. The summed E-state index contributed by atoms with van der Waals surface area (Å²) in [6.07, 6.45) is 8.78. The Hall–Kier alpha value is -1.71. The molecule has 1 N–H and O–H groups in total. The molecule has 1 amide bonds. The SMILES string of the molecule is O=C(NCC1CC=CCC1)c1ccc(F)nc1. The van der Waals surface area contributed by atoms with Crippen molar-refractivity contribution >= 4 is 5.91 Å². The highest BCUT2D eigenvalue weighted by molar-refractivity contribution is 5.93. The van der Waals surface area contributed by atoms with Crippen LogP contribution in [0.3, 0.4) is 0 Å². The van der Waals surface area contributed by atoms with Crippen molar-refractivity contribution in [1.29, 1.82) is 0 Å². The van der Waals surface area contributed by atoms with Gasteiger partial charge in [-0.05, 0) is 37.3 Å². The Morgan fingerprint density at radius 3 is 3.00 bits per heavy atom. The summed E-state index contributed by atoms with van der Waals surface area (Å²) in [5.74, 6) is -0.247. The largest absolute Gasteiger partial charge is 0.352 e. The highest BCUT2D eigenvalue weighted by Gasteiger charge is 2.12. The van der Waals surface area contributed by atoms with E-state index in [2.05, 4.69) is 22.5 Å². The molecular weight excluding hydrogens is 219 g/mol. The number of carbonyl (C=O) groups excluding carboxylic acids is 1. The first-order valence-corrected chi connectivity index (χ1v) is 5.80. The van der Waals surface area contributed by atoms with Crippen LogP contribution in [0.25, 0.3) is 0 Å². The first-order chi connectivity index (χ1) is 8.25. The van der Waals surface area contributed by atoms with Gasteiger partial charge in [0, 0.05) is 12.7 Å². The fourth-order valence-electron chi connectivity index (χ4n) is 1.89. The molecular formula is C13H15FN2O. The van der Waals surface area contributed by atoms with Gasteiger partial charge in [0.15, 0.2) is 0 Å². The maximum absolute atomic E-state index is 12.6. The fourth-order valence-corrected chi connectivity index (χ4v) is 1.89. The molecule has 1 atom stereocenters. The Morgan fingerprint density at radius 1 is 1.47 bits per heavy atom. The fraction of sp³-hybridized carbons (Fsp3) is 0.385. The van der Waals surface area contributed by atoms with Crippen molar-refractivity contribution in [3.05, 3.63) is 42.0 Å². The molecule has 0 radical (unpaired) electrons. The van der Waals surface area contributed by atoms with Crippen molar-refractivity contribution in [2.24, 2.45) is 5.92 Å². The summed E-state index contributed by atoms with van der Waals surface area (Å²) in [5.41, 5.74) is 0.401. The number of rotatable bonds is 3. The molecule has 1 aromatic rings. The third kappa shape index (κ3) is 3.37. The molecule has 1 aliphatic carbocycles. The average Bonchev–Trinajstić information content (AvgIpc) is 2.38. The molecule has 1 heterocycles. The number of amides is 1. The summed E-state index contributed by atoms with van der Waals surface area (Å²) in [6.45, 7) is 0.667. The van der Waals surface area contributed by atoms with Crippen molar-refractivity contribution in [2.75, 3.05) is 6.54 Å². The van der Waals surface area contributed by atoms with Gasteiger partial charge in [0.2, 0.25) is 5.95 Å². The summed E-state index contributed by atoms with van der Waals surface area (Å²) in [6, 6.07) is 2.64. The van der Waals surface area contributed by atoms with E-state index in [4.69, 9.17) is 0 Å². The summed E-state index contributed by atoms with van der Waals surface area (Å²) in [7, 11) is 0. The number of halogens is 1. The van der Waals surface area contributed by atoms with E-state index in [-0.39, 0.29) is 5.91 Å². The molecule has 0 saturated carbocycles. The minimum atomic E-state index is -0.570. The first-order valence-electron chi connectivity index (χ1n) is 5.80. The summed E-state index contributed by atoms with van der Waals surface area (Å²) in [5, 5.41) is 2.85. The molecule has 1 aromatic heterocycles. The highest BCUT2D eigenvalue weighted by Crippen LogP contribution is 2.16. The van der Waals surface area contributed by atoms with Crippen LogP contribution in [0.15, 0.2) is 30.5 Å². The van der Waals surface area contributed by atoms with E-state index >= 15 is 0 Å². The lowest BCUT2D eigenvalue weighted by Crippen LogP contribution is -2.29. The first kappa shape index (κ1) is 11.8. The Labute approximate surface area is 99.8 Å². The lowest BCUT2D eigenvalue weighted by molar-refractivity contribution is 0.0946. The Kier molecular flexibility index (Phi) is 3.85. The minimum Gasteiger partial charge on any atom is -0.352 e. The van der Waals surface area contributed by atoms with E-state index < -0.39 is 5.95 Å². The van der Waals surface area contributed by atoms with Crippen LogP contribution in [-0.2, 0) is 0 Å². The number of nitrogens with zero attached hydrogens (tertiary/aromatic N) is 1. The number of nitrogens with one attached hydrogen (secondary N) is 1. The standard InChI is InChI=1S/C13H15FN2O/c14-12-7-6-11(9-15-12)13(17)16-8-10-4-2-1-3-5-10/h1-2,6-7,9-10H,3-5,8H2,(H,16,17). The molecule has 0 aromatic carbocycles.